The molecular weight excluding hydrogens is 164 g/mol. The van der Waals surface area contributed by atoms with E-state index in [1.807, 2.05) is 13.8 Å². The molecule has 0 saturated carbocycles. The van der Waals surface area contributed by atoms with Crippen molar-refractivity contribution in [1.29, 1.82) is 0 Å². The van der Waals surface area contributed by atoms with Gasteiger partial charge in [-0.3, -0.25) is 0 Å². The molecule has 0 fully saturated rings. The van der Waals surface area contributed by atoms with Gasteiger partial charge in [-0.05, 0) is 12.5 Å². The minimum Gasteiger partial charge on any atom is -0.386 e. The van der Waals surface area contributed by atoms with E-state index in [-0.39, 0.29) is 6.54 Å². The maximum absolute atomic E-state index is 12.4. The Balaban J connectivity index is 3.51. The van der Waals surface area contributed by atoms with Crippen molar-refractivity contribution in [2.24, 2.45) is 5.92 Å². The van der Waals surface area contributed by atoms with Crippen molar-refractivity contribution in [1.82, 2.24) is 5.32 Å². The molecule has 0 spiro atoms. The first-order chi connectivity index (χ1) is 5.34. The predicted molar refractivity (Wildman–Crippen MR) is 44.3 cm³/mol. The molecule has 0 saturated heterocycles. The molecule has 12 heavy (non-hydrogen) atoms. The monoisotopic (exact) mass is 181 g/mol. The van der Waals surface area contributed by atoms with E-state index in [1.165, 1.54) is 0 Å². The fraction of sp³-hybridized carbons (Fsp3) is 1.00. The molecule has 0 aromatic heterocycles. The highest BCUT2D eigenvalue weighted by Crippen LogP contribution is 2.16. The van der Waals surface area contributed by atoms with Gasteiger partial charge < -0.3 is 10.4 Å². The normalized spacial score (nSPS) is 15.2. The van der Waals surface area contributed by atoms with Gasteiger partial charge in [0.1, 0.15) is 6.10 Å². The van der Waals surface area contributed by atoms with Crippen LogP contribution in [0, 0.1) is 5.92 Å². The van der Waals surface area contributed by atoms with Crippen molar-refractivity contribution in [2.45, 2.75) is 32.8 Å². The Kier molecular flexibility index (Phi) is 4.63. The number of halogens is 2. The molecule has 2 N–H and O–H groups in total. The Morgan fingerprint density at radius 3 is 2.17 bits per heavy atom. The molecule has 1 atom stereocenters. The zero-order valence-corrected chi connectivity index (χ0v) is 7.77. The molecule has 0 bridgehead atoms. The Bertz CT molecular complexity index is 123. The number of hydrogen-bond acceptors (Lipinski definition) is 2. The third-order valence-corrected chi connectivity index (χ3v) is 1.48. The zero-order chi connectivity index (χ0) is 9.78. The molecule has 0 aliphatic carbocycles. The Morgan fingerprint density at radius 1 is 1.33 bits per heavy atom. The average molecular weight is 181 g/mol. The Morgan fingerprint density at radius 2 is 1.83 bits per heavy atom. The van der Waals surface area contributed by atoms with E-state index in [0.29, 0.717) is 19.4 Å². The van der Waals surface area contributed by atoms with Crippen LogP contribution in [0.2, 0.25) is 0 Å². The van der Waals surface area contributed by atoms with Crippen LogP contribution < -0.4 is 5.32 Å². The lowest BCUT2D eigenvalue weighted by atomic mass is 10.2. The molecular formula is C8H17F2NO. The van der Waals surface area contributed by atoms with E-state index in [9.17, 15) is 8.78 Å². The Hall–Kier alpha value is -0.220. The molecule has 0 heterocycles. The fourth-order valence-corrected chi connectivity index (χ4v) is 0.688. The number of aliphatic hydroxyl groups is 1. The van der Waals surface area contributed by atoms with Crippen molar-refractivity contribution in [3.05, 3.63) is 0 Å². The van der Waals surface area contributed by atoms with Crippen molar-refractivity contribution in [3.8, 4) is 0 Å². The topological polar surface area (TPSA) is 32.3 Å². The van der Waals surface area contributed by atoms with Crippen molar-refractivity contribution in [2.75, 3.05) is 13.1 Å². The van der Waals surface area contributed by atoms with Gasteiger partial charge in [0, 0.05) is 13.5 Å². The lowest BCUT2D eigenvalue weighted by molar-refractivity contribution is -0.0911. The van der Waals surface area contributed by atoms with Gasteiger partial charge in [-0.25, -0.2) is 8.78 Å². The summed E-state index contributed by atoms with van der Waals surface area (Å²) in [6, 6.07) is 0. The van der Waals surface area contributed by atoms with Gasteiger partial charge in [0.15, 0.2) is 0 Å². The lowest BCUT2D eigenvalue weighted by Gasteiger charge is -2.18. The van der Waals surface area contributed by atoms with Gasteiger partial charge in [0.05, 0.1) is 0 Å². The summed E-state index contributed by atoms with van der Waals surface area (Å²) < 4.78 is 24.7. The minimum atomic E-state index is -3.01. The molecule has 0 rings (SSSR count). The third kappa shape index (κ3) is 5.43. The van der Waals surface area contributed by atoms with E-state index in [4.69, 9.17) is 5.11 Å². The van der Waals surface area contributed by atoms with E-state index < -0.39 is 12.0 Å². The number of nitrogens with one attached hydrogen (secondary N) is 1. The fourth-order valence-electron chi connectivity index (χ4n) is 0.688. The summed E-state index contributed by atoms with van der Waals surface area (Å²) in [6.45, 7) is 5.26. The number of aliphatic hydroxyl groups excluding tert-OH is 1. The zero-order valence-electron chi connectivity index (χ0n) is 7.77. The van der Waals surface area contributed by atoms with E-state index in [2.05, 4.69) is 5.32 Å². The van der Waals surface area contributed by atoms with Crippen LogP contribution in [0.3, 0.4) is 0 Å². The summed E-state index contributed by atoms with van der Waals surface area (Å²) >= 11 is 0. The molecule has 1 unspecified atom stereocenters. The SMILES string of the molecule is CC(C)CNCC(O)C(C)(F)F. The second-order valence-corrected chi connectivity index (χ2v) is 3.52. The predicted octanol–water partition coefficient (Wildman–Crippen LogP) is 1.25. The van der Waals surface area contributed by atoms with Gasteiger partial charge in [-0.2, -0.15) is 0 Å². The average Bonchev–Trinajstić information content (AvgIpc) is 1.84. The largest absolute Gasteiger partial charge is 0.386 e. The first-order valence-electron chi connectivity index (χ1n) is 4.10. The van der Waals surface area contributed by atoms with Crippen molar-refractivity contribution in [3.63, 3.8) is 0 Å². The number of alkyl halides is 2. The number of hydrogen-bond donors (Lipinski definition) is 2. The lowest BCUT2D eigenvalue weighted by Crippen LogP contribution is -2.40. The van der Waals surface area contributed by atoms with Gasteiger partial charge in [0.25, 0.3) is 5.92 Å². The van der Waals surface area contributed by atoms with Crippen LogP contribution in [0.5, 0.6) is 0 Å². The molecule has 0 aliphatic heterocycles. The second-order valence-electron chi connectivity index (χ2n) is 3.52. The van der Waals surface area contributed by atoms with Crippen LogP contribution in [-0.2, 0) is 0 Å². The molecule has 0 aromatic rings. The van der Waals surface area contributed by atoms with Crippen molar-refractivity contribution < 1.29 is 13.9 Å². The molecule has 0 amide bonds. The van der Waals surface area contributed by atoms with Crippen LogP contribution >= 0.6 is 0 Å². The van der Waals surface area contributed by atoms with Gasteiger partial charge in [-0.1, -0.05) is 13.8 Å². The quantitative estimate of drug-likeness (QED) is 0.669. The maximum Gasteiger partial charge on any atom is 0.271 e. The van der Waals surface area contributed by atoms with Crippen LogP contribution in [0.25, 0.3) is 0 Å². The van der Waals surface area contributed by atoms with Crippen LogP contribution in [-0.4, -0.2) is 30.2 Å². The van der Waals surface area contributed by atoms with E-state index in [1.54, 1.807) is 0 Å². The van der Waals surface area contributed by atoms with E-state index >= 15 is 0 Å². The Labute approximate surface area is 72.0 Å². The van der Waals surface area contributed by atoms with Crippen LogP contribution in [0.4, 0.5) is 8.78 Å². The summed E-state index contributed by atoms with van der Waals surface area (Å²) in [7, 11) is 0. The third-order valence-electron chi connectivity index (χ3n) is 1.48. The minimum absolute atomic E-state index is 0.0539. The first kappa shape index (κ1) is 11.8. The summed E-state index contributed by atoms with van der Waals surface area (Å²) in [4.78, 5) is 0. The molecule has 74 valence electrons. The molecule has 0 aliphatic rings. The summed E-state index contributed by atoms with van der Waals surface area (Å²) in [6.07, 6.45) is -1.59. The van der Waals surface area contributed by atoms with E-state index in [0.717, 1.165) is 0 Å². The molecule has 4 heteroatoms. The molecule has 0 aromatic carbocycles. The van der Waals surface area contributed by atoms with Gasteiger partial charge in [-0.15, -0.1) is 0 Å². The van der Waals surface area contributed by atoms with Crippen LogP contribution in [0.1, 0.15) is 20.8 Å². The summed E-state index contributed by atoms with van der Waals surface area (Å²) in [5, 5.41) is 11.6. The summed E-state index contributed by atoms with van der Waals surface area (Å²) in [5.41, 5.74) is 0. The standard InChI is InChI=1S/C8H17F2NO/c1-6(2)4-11-5-7(12)8(3,9)10/h6-7,11-12H,4-5H2,1-3H3. The number of rotatable bonds is 5. The molecule has 0 radical (unpaired) electrons. The first-order valence-corrected chi connectivity index (χ1v) is 4.10. The summed E-state index contributed by atoms with van der Waals surface area (Å²) in [5.74, 6) is -2.60. The highest BCUT2D eigenvalue weighted by Gasteiger charge is 2.31. The van der Waals surface area contributed by atoms with Crippen LogP contribution in [0.15, 0.2) is 0 Å². The smallest absolute Gasteiger partial charge is 0.271 e. The second kappa shape index (κ2) is 4.72. The highest BCUT2D eigenvalue weighted by molar-refractivity contribution is 4.73. The maximum atomic E-state index is 12.4. The van der Waals surface area contributed by atoms with Crippen molar-refractivity contribution >= 4 is 0 Å². The van der Waals surface area contributed by atoms with Gasteiger partial charge >= 0.3 is 0 Å². The molecule has 2 nitrogen and oxygen atoms in total. The van der Waals surface area contributed by atoms with Gasteiger partial charge in [0.2, 0.25) is 0 Å². The highest BCUT2D eigenvalue weighted by atomic mass is 19.3.